The maximum atomic E-state index is 10.4. The van der Waals surface area contributed by atoms with Gasteiger partial charge in [-0.2, -0.15) is 8.42 Å². The molecule has 0 fully saturated rings. The Morgan fingerprint density at radius 2 is 1.88 bits per heavy atom. The van der Waals surface area contributed by atoms with Crippen molar-refractivity contribution in [3.63, 3.8) is 0 Å². The van der Waals surface area contributed by atoms with Crippen LogP contribution < -0.4 is 34.9 Å². The molecule has 90 valence electrons. The van der Waals surface area contributed by atoms with Gasteiger partial charge in [0.2, 0.25) is 0 Å². The molecule has 0 spiro atoms. The molecule has 0 saturated carbocycles. The van der Waals surface area contributed by atoms with Gasteiger partial charge in [0.15, 0.2) is 0 Å². The van der Waals surface area contributed by atoms with Gasteiger partial charge in [-0.25, -0.2) is 0 Å². The molecule has 0 heterocycles. The first-order valence-corrected chi connectivity index (χ1v) is 5.93. The molecule has 17 heavy (non-hydrogen) atoms. The number of hydrogen-bond donors (Lipinski definition) is 2. The quantitative estimate of drug-likeness (QED) is 0.277. The number of nitrogens with zero attached hydrogens (tertiary/aromatic N) is 1. The Morgan fingerprint density at radius 3 is 2.29 bits per heavy atom. The summed E-state index contributed by atoms with van der Waals surface area (Å²) < 4.78 is 29.2. The van der Waals surface area contributed by atoms with Gasteiger partial charge in [0.25, 0.3) is 15.8 Å². The Morgan fingerprint density at radius 1 is 1.35 bits per heavy atom. The van der Waals surface area contributed by atoms with Gasteiger partial charge in [-0.05, 0) is 12.1 Å². The van der Waals surface area contributed by atoms with Gasteiger partial charge in [-0.1, -0.05) is 0 Å². The molecule has 7 nitrogen and oxygen atoms in total. The minimum absolute atomic E-state index is 0. The van der Waals surface area contributed by atoms with Crippen LogP contribution in [0.3, 0.4) is 0 Å². The van der Waals surface area contributed by atoms with Crippen LogP contribution in [0.15, 0.2) is 24.3 Å². The first-order valence-electron chi connectivity index (χ1n) is 4.32. The van der Waals surface area contributed by atoms with Crippen LogP contribution in [-0.4, -0.2) is 30.2 Å². The predicted molar refractivity (Wildman–Crippen MR) is 59.1 cm³/mol. The maximum absolute atomic E-state index is 10.4. The van der Waals surface area contributed by atoms with Gasteiger partial charge in [-0.15, -0.1) is 0 Å². The van der Waals surface area contributed by atoms with Crippen LogP contribution in [0.4, 0.5) is 11.4 Å². The molecule has 0 bridgehead atoms. The monoisotopic (exact) mass is 270 g/mol. The van der Waals surface area contributed by atoms with Crippen LogP contribution in [0.5, 0.6) is 0 Å². The zero-order valence-corrected chi connectivity index (χ0v) is 12.0. The van der Waals surface area contributed by atoms with E-state index < -0.39 is 20.8 Å². The minimum atomic E-state index is -3.99. The third kappa shape index (κ3) is 6.59. The zero-order chi connectivity index (χ0) is 12.2. The van der Waals surface area contributed by atoms with Crippen LogP contribution in [0.2, 0.25) is 0 Å². The van der Waals surface area contributed by atoms with Gasteiger partial charge < -0.3 is 6.74 Å². The van der Waals surface area contributed by atoms with Crippen LogP contribution >= 0.6 is 0 Å². The van der Waals surface area contributed by atoms with Crippen LogP contribution in [0, 0.1) is 10.1 Å². The smallest absolute Gasteiger partial charge is 1.00 e. The van der Waals surface area contributed by atoms with Crippen LogP contribution in [-0.2, 0) is 10.1 Å². The van der Waals surface area contributed by atoms with Gasteiger partial charge in [0.05, 0.1) is 10.7 Å². The molecule has 0 saturated heterocycles. The summed E-state index contributed by atoms with van der Waals surface area (Å²) in [7, 11) is -3.99. The Labute approximate surface area is 122 Å². The number of hydrogen-bond acceptors (Lipinski definition) is 5. The van der Waals surface area contributed by atoms with Gasteiger partial charge in [-0.3, -0.25) is 14.7 Å². The van der Waals surface area contributed by atoms with E-state index in [1.165, 1.54) is 24.3 Å². The van der Waals surface area contributed by atoms with E-state index in [0.29, 0.717) is 5.69 Å². The van der Waals surface area contributed by atoms with Crippen molar-refractivity contribution in [3.8, 4) is 0 Å². The van der Waals surface area contributed by atoms with Crippen molar-refractivity contribution < 1.29 is 48.9 Å². The SMILES string of the molecule is O=[N+]([O-])c1ccc(NCCS(=O)(=O)O)cc1.[H-].[Na+]. The van der Waals surface area contributed by atoms with Gasteiger partial charge >= 0.3 is 29.6 Å². The fraction of sp³-hybridized carbons (Fsp3) is 0.250. The number of nitro groups is 1. The van der Waals surface area contributed by atoms with E-state index in [9.17, 15) is 18.5 Å². The van der Waals surface area contributed by atoms with Gasteiger partial charge in [0, 0.05) is 24.4 Å². The second-order valence-electron chi connectivity index (χ2n) is 3.02. The number of nitro benzene ring substituents is 1. The van der Waals surface area contributed by atoms with Crippen molar-refractivity contribution in [1.29, 1.82) is 0 Å². The first-order chi connectivity index (χ1) is 7.38. The molecule has 0 radical (unpaired) electrons. The minimum Gasteiger partial charge on any atom is -1.00 e. The summed E-state index contributed by atoms with van der Waals surface area (Å²) in [6.45, 7) is 0.0383. The van der Waals surface area contributed by atoms with E-state index in [1.807, 2.05) is 0 Å². The molecule has 9 heteroatoms. The number of nitrogens with one attached hydrogen (secondary N) is 1. The van der Waals surface area contributed by atoms with Crippen LogP contribution in [0.1, 0.15) is 1.43 Å². The van der Waals surface area contributed by atoms with Crippen molar-refractivity contribution in [2.24, 2.45) is 0 Å². The van der Waals surface area contributed by atoms with Crippen molar-refractivity contribution in [2.75, 3.05) is 17.6 Å². The van der Waals surface area contributed by atoms with E-state index in [-0.39, 0.29) is 43.2 Å². The molecule has 0 atom stereocenters. The topological polar surface area (TPSA) is 110 Å². The summed E-state index contributed by atoms with van der Waals surface area (Å²) in [6, 6.07) is 5.52. The second kappa shape index (κ2) is 6.92. The molecule has 0 unspecified atom stereocenters. The molecule has 1 rings (SSSR count). The number of anilines is 1. The summed E-state index contributed by atoms with van der Waals surface area (Å²) in [6.07, 6.45) is 0. The Kier molecular flexibility index (Phi) is 6.65. The normalized spacial score (nSPS) is 10.4. The fourth-order valence-corrected chi connectivity index (χ4v) is 1.39. The molecule has 0 aliphatic heterocycles. The average molecular weight is 270 g/mol. The van der Waals surface area contributed by atoms with Crippen molar-refractivity contribution in [2.45, 2.75) is 0 Å². The summed E-state index contributed by atoms with van der Waals surface area (Å²) in [5.74, 6) is -0.413. The number of rotatable bonds is 5. The molecule has 1 aromatic carbocycles. The van der Waals surface area contributed by atoms with Crippen molar-refractivity contribution in [1.82, 2.24) is 0 Å². The summed E-state index contributed by atoms with van der Waals surface area (Å²) in [5, 5.41) is 13.0. The van der Waals surface area contributed by atoms with E-state index in [0.717, 1.165) is 0 Å². The fourth-order valence-electron chi connectivity index (χ4n) is 1.03. The molecule has 2 N–H and O–H groups in total. The van der Waals surface area contributed by atoms with E-state index in [1.54, 1.807) is 0 Å². The largest absolute Gasteiger partial charge is 1.00 e. The van der Waals surface area contributed by atoms with E-state index in [2.05, 4.69) is 5.32 Å². The third-order valence-electron chi connectivity index (χ3n) is 1.77. The molecule has 1 aromatic rings. The van der Waals surface area contributed by atoms with Gasteiger partial charge in [0.1, 0.15) is 0 Å². The maximum Gasteiger partial charge on any atom is 1.00 e. The predicted octanol–water partition coefficient (Wildman–Crippen LogP) is -1.99. The molecule has 0 aliphatic carbocycles. The number of benzene rings is 1. The second-order valence-corrected chi connectivity index (χ2v) is 4.59. The molecule has 0 aliphatic rings. The van der Waals surface area contributed by atoms with Crippen LogP contribution in [0.25, 0.3) is 0 Å². The summed E-state index contributed by atoms with van der Waals surface area (Å²) in [4.78, 5) is 9.80. The van der Waals surface area contributed by atoms with Crippen molar-refractivity contribution >= 4 is 21.5 Å². The van der Waals surface area contributed by atoms with E-state index in [4.69, 9.17) is 4.55 Å². The molecule has 0 amide bonds. The third-order valence-corrected chi connectivity index (χ3v) is 2.49. The molecule has 0 aromatic heterocycles. The zero-order valence-electron chi connectivity index (χ0n) is 10.2. The Hall–Kier alpha value is -0.670. The Balaban J connectivity index is 0. The number of non-ortho nitro benzene ring substituents is 1. The summed E-state index contributed by atoms with van der Waals surface area (Å²) in [5.41, 5.74) is 0.509. The van der Waals surface area contributed by atoms with Crippen molar-refractivity contribution in [3.05, 3.63) is 34.4 Å². The Bertz CT molecular complexity index is 479. The standard InChI is InChI=1S/C8H10N2O5S.Na.H/c11-10(12)8-3-1-7(2-4-8)9-5-6-16(13,14)15;;/h1-4,9H,5-6H2,(H,13,14,15);;/q;+1;-1. The first kappa shape index (κ1) is 16.3. The molecular weight excluding hydrogens is 259 g/mol. The molecular formula is C8H11N2NaO5S. The average Bonchev–Trinajstić information content (AvgIpc) is 2.16. The summed E-state index contributed by atoms with van der Waals surface area (Å²) >= 11 is 0. The van der Waals surface area contributed by atoms with E-state index >= 15 is 0 Å².